The van der Waals surface area contributed by atoms with Crippen molar-refractivity contribution < 1.29 is 4.79 Å². The molecule has 0 amide bonds. The second-order valence-electron chi connectivity index (χ2n) is 5.97. The highest BCUT2D eigenvalue weighted by molar-refractivity contribution is 5.94. The molecule has 0 radical (unpaired) electrons. The Morgan fingerprint density at radius 2 is 1.79 bits per heavy atom. The lowest BCUT2D eigenvalue weighted by Crippen LogP contribution is -2.44. The van der Waals surface area contributed by atoms with Gasteiger partial charge in [0.1, 0.15) is 0 Å². The molecule has 3 nitrogen and oxygen atoms in total. The Morgan fingerprint density at radius 1 is 1.21 bits per heavy atom. The van der Waals surface area contributed by atoms with Crippen molar-refractivity contribution >= 4 is 11.5 Å². The number of hydrogen-bond donors (Lipinski definition) is 1. The monoisotopic (exact) mass is 258 g/mol. The predicted molar refractivity (Wildman–Crippen MR) is 77.5 cm³/mol. The SMILES string of the molecule is CC(=O)c1ccc(N2C3CCC2CC(CN)C3)cc1. The number of Topliss-reactive ketones (excluding diaryl/α,β-unsaturated/α-hetero) is 1. The lowest BCUT2D eigenvalue weighted by atomic mass is 9.90. The van der Waals surface area contributed by atoms with E-state index in [0.717, 1.165) is 12.1 Å². The van der Waals surface area contributed by atoms with E-state index in [4.69, 9.17) is 5.73 Å². The standard InChI is InChI=1S/C16H22N2O/c1-11(19)13-2-4-14(5-3-13)18-15-6-7-16(18)9-12(8-15)10-17/h2-5,12,15-16H,6-10,17H2,1H3. The lowest BCUT2D eigenvalue weighted by Gasteiger charge is -2.40. The fraction of sp³-hybridized carbons (Fsp3) is 0.562. The van der Waals surface area contributed by atoms with E-state index in [-0.39, 0.29) is 5.78 Å². The molecule has 3 rings (SSSR count). The number of carbonyl (C=O) groups is 1. The second-order valence-corrected chi connectivity index (χ2v) is 5.97. The lowest BCUT2D eigenvalue weighted by molar-refractivity contribution is 0.101. The van der Waals surface area contributed by atoms with Gasteiger partial charge in [-0.15, -0.1) is 0 Å². The third-order valence-corrected chi connectivity index (χ3v) is 4.74. The van der Waals surface area contributed by atoms with Crippen LogP contribution >= 0.6 is 0 Å². The second kappa shape index (κ2) is 4.97. The van der Waals surface area contributed by atoms with E-state index in [9.17, 15) is 4.79 Å². The molecule has 3 heteroatoms. The van der Waals surface area contributed by atoms with E-state index in [1.54, 1.807) is 6.92 Å². The van der Waals surface area contributed by atoms with Crippen molar-refractivity contribution in [2.75, 3.05) is 11.4 Å². The Kier molecular flexibility index (Phi) is 3.31. The molecule has 1 aromatic rings. The Morgan fingerprint density at radius 3 is 2.26 bits per heavy atom. The molecule has 0 aliphatic carbocycles. The molecule has 19 heavy (non-hydrogen) atoms. The zero-order valence-electron chi connectivity index (χ0n) is 11.5. The van der Waals surface area contributed by atoms with Gasteiger partial charge >= 0.3 is 0 Å². The van der Waals surface area contributed by atoms with Gasteiger partial charge < -0.3 is 10.6 Å². The van der Waals surface area contributed by atoms with Crippen molar-refractivity contribution in [3.05, 3.63) is 29.8 Å². The van der Waals surface area contributed by atoms with Crippen LogP contribution < -0.4 is 10.6 Å². The van der Waals surface area contributed by atoms with Gasteiger partial charge in [-0.25, -0.2) is 0 Å². The van der Waals surface area contributed by atoms with E-state index >= 15 is 0 Å². The van der Waals surface area contributed by atoms with Crippen molar-refractivity contribution in [3.63, 3.8) is 0 Å². The fourth-order valence-electron chi connectivity index (χ4n) is 3.77. The van der Waals surface area contributed by atoms with Crippen LogP contribution in [0.1, 0.15) is 43.0 Å². The minimum atomic E-state index is 0.136. The normalized spacial score (nSPS) is 29.6. The molecule has 2 aliphatic heterocycles. The zero-order valence-corrected chi connectivity index (χ0v) is 11.5. The summed E-state index contributed by atoms with van der Waals surface area (Å²) in [6.45, 7) is 2.44. The van der Waals surface area contributed by atoms with Gasteiger partial charge in [-0.2, -0.15) is 0 Å². The molecule has 0 aromatic heterocycles. The third-order valence-electron chi connectivity index (χ3n) is 4.74. The molecule has 2 saturated heterocycles. The van der Waals surface area contributed by atoms with E-state index in [1.165, 1.54) is 31.4 Å². The first-order chi connectivity index (χ1) is 9.19. The maximum absolute atomic E-state index is 11.3. The van der Waals surface area contributed by atoms with E-state index in [2.05, 4.69) is 17.0 Å². The molecule has 2 N–H and O–H groups in total. The summed E-state index contributed by atoms with van der Waals surface area (Å²) in [5, 5.41) is 0. The van der Waals surface area contributed by atoms with Gasteiger partial charge in [0.25, 0.3) is 0 Å². The van der Waals surface area contributed by atoms with Crippen LogP contribution in [0.15, 0.2) is 24.3 Å². The highest BCUT2D eigenvalue weighted by atomic mass is 16.1. The van der Waals surface area contributed by atoms with Gasteiger partial charge in [0.2, 0.25) is 0 Å². The average molecular weight is 258 g/mol. The number of anilines is 1. The first kappa shape index (κ1) is 12.7. The van der Waals surface area contributed by atoms with Crippen LogP contribution in [0, 0.1) is 5.92 Å². The molecule has 1 aromatic carbocycles. The number of benzene rings is 1. The number of hydrogen-bond acceptors (Lipinski definition) is 3. The molecular weight excluding hydrogens is 236 g/mol. The van der Waals surface area contributed by atoms with Gasteiger partial charge in [0.05, 0.1) is 0 Å². The number of ketones is 1. The quantitative estimate of drug-likeness (QED) is 0.848. The third kappa shape index (κ3) is 2.27. The Hall–Kier alpha value is -1.35. The summed E-state index contributed by atoms with van der Waals surface area (Å²) in [5.74, 6) is 0.835. The minimum Gasteiger partial charge on any atom is -0.366 e. The van der Waals surface area contributed by atoms with Crippen LogP contribution in [-0.4, -0.2) is 24.4 Å². The largest absolute Gasteiger partial charge is 0.366 e. The summed E-state index contributed by atoms with van der Waals surface area (Å²) < 4.78 is 0. The number of nitrogens with zero attached hydrogens (tertiary/aromatic N) is 1. The van der Waals surface area contributed by atoms with E-state index in [0.29, 0.717) is 18.0 Å². The zero-order chi connectivity index (χ0) is 13.4. The van der Waals surface area contributed by atoms with Crippen LogP contribution in [-0.2, 0) is 0 Å². The van der Waals surface area contributed by atoms with Crippen molar-refractivity contribution in [2.24, 2.45) is 11.7 Å². The highest BCUT2D eigenvalue weighted by Gasteiger charge is 2.40. The van der Waals surface area contributed by atoms with Crippen molar-refractivity contribution in [1.82, 2.24) is 0 Å². The summed E-state index contributed by atoms with van der Waals surface area (Å²) in [4.78, 5) is 13.9. The van der Waals surface area contributed by atoms with E-state index in [1.807, 2.05) is 12.1 Å². The molecule has 2 heterocycles. The summed E-state index contributed by atoms with van der Waals surface area (Å²) in [6.07, 6.45) is 5.02. The topological polar surface area (TPSA) is 46.3 Å². The number of piperidine rings is 1. The molecule has 0 saturated carbocycles. The predicted octanol–water partition coefficient (Wildman–Crippen LogP) is 2.60. The van der Waals surface area contributed by atoms with Crippen LogP contribution in [0.3, 0.4) is 0 Å². The molecule has 2 fully saturated rings. The maximum Gasteiger partial charge on any atom is 0.159 e. The highest BCUT2D eigenvalue weighted by Crippen LogP contribution is 2.41. The molecular formula is C16H22N2O. The van der Waals surface area contributed by atoms with Crippen LogP contribution in [0.2, 0.25) is 0 Å². The molecule has 2 aliphatic rings. The molecule has 2 atom stereocenters. The first-order valence-corrected chi connectivity index (χ1v) is 7.28. The van der Waals surface area contributed by atoms with Crippen molar-refractivity contribution in [2.45, 2.75) is 44.7 Å². The fourth-order valence-corrected chi connectivity index (χ4v) is 3.77. The summed E-state index contributed by atoms with van der Waals surface area (Å²) >= 11 is 0. The summed E-state index contributed by atoms with van der Waals surface area (Å²) in [5.41, 5.74) is 7.91. The minimum absolute atomic E-state index is 0.136. The average Bonchev–Trinajstić information content (AvgIpc) is 2.69. The number of fused-ring (bicyclic) bond motifs is 2. The number of carbonyl (C=O) groups excluding carboxylic acids is 1. The van der Waals surface area contributed by atoms with Crippen LogP contribution in [0.5, 0.6) is 0 Å². The van der Waals surface area contributed by atoms with Crippen molar-refractivity contribution in [1.29, 1.82) is 0 Å². The van der Waals surface area contributed by atoms with Gasteiger partial charge in [-0.1, -0.05) is 0 Å². The van der Waals surface area contributed by atoms with E-state index < -0.39 is 0 Å². The Bertz CT molecular complexity index is 454. The smallest absolute Gasteiger partial charge is 0.159 e. The van der Waals surface area contributed by atoms with Gasteiger partial charge in [-0.05, 0) is 69.3 Å². The van der Waals surface area contributed by atoms with Gasteiger partial charge in [-0.3, -0.25) is 4.79 Å². The molecule has 2 unspecified atom stereocenters. The maximum atomic E-state index is 11.3. The summed E-state index contributed by atoms with van der Waals surface area (Å²) in [6, 6.07) is 9.40. The van der Waals surface area contributed by atoms with Crippen LogP contribution in [0.4, 0.5) is 5.69 Å². The molecule has 2 bridgehead atoms. The number of rotatable bonds is 3. The van der Waals surface area contributed by atoms with Gasteiger partial charge in [0.15, 0.2) is 5.78 Å². The Labute approximate surface area is 114 Å². The van der Waals surface area contributed by atoms with Crippen molar-refractivity contribution in [3.8, 4) is 0 Å². The van der Waals surface area contributed by atoms with Gasteiger partial charge in [0, 0.05) is 23.3 Å². The molecule has 0 spiro atoms. The first-order valence-electron chi connectivity index (χ1n) is 7.28. The molecule has 102 valence electrons. The van der Waals surface area contributed by atoms with Crippen LogP contribution in [0.25, 0.3) is 0 Å². The number of nitrogens with two attached hydrogens (primary N) is 1. The summed E-state index contributed by atoms with van der Waals surface area (Å²) in [7, 11) is 0. The Balaban J connectivity index is 1.81.